The van der Waals surface area contributed by atoms with Gasteiger partial charge in [0.15, 0.2) is 6.23 Å². The molecule has 1 aliphatic rings. The van der Waals surface area contributed by atoms with Crippen molar-refractivity contribution in [3.8, 4) is 6.07 Å². The van der Waals surface area contributed by atoms with Crippen molar-refractivity contribution in [3.05, 3.63) is 59.4 Å². The van der Waals surface area contributed by atoms with E-state index in [1.165, 1.54) is 19.1 Å². The Kier molecular flexibility index (Phi) is 4.95. The minimum Gasteiger partial charge on any atom is -0.481 e. The molecule has 0 aromatic heterocycles. The quantitative estimate of drug-likeness (QED) is 0.696. The Hall–Kier alpha value is -3.11. The summed E-state index contributed by atoms with van der Waals surface area (Å²) in [6.07, 6.45) is -0.00463. The van der Waals surface area contributed by atoms with Crippen LogP contribution in [0, 0.1) is 16.7 Å². The first-order chi connectivity index (χ1) is 11.8. The highest BCUT2D eigenvalue weighted by Crippen LogP contribution is 2.51. The highest BCUT2D eigenvalue weighted by Gasteiger charge is 2.57. The first-order valence-electron chi connectivity index (χ1n) is 7.50. The van der Waals surface area contributed by atoms with Crippen LogP contribution in [0.3, 0.4) is 0 Å². The minimum absolute atomic E-state index is 0.0493. The van der Waals surface area contributed by atoms with E-state index >= 15 is 0 Å². The normalized spacial score (nSPS) is 25.6. The summed E-state index contributed by atoms with van der Waals surface area (Å²) in [5.41, 5.74) is 4.72. The average Bonchev–Trinajstić information content (AvgIpc) is 2.56. The Balaban J connectivity index is 2.85. The van der Waals surface area contributed by atoms with Crippen LogP contribution in [0.4, 0.5) is 0 Å². The van der Waals surface area contributed by atoms with Crippen LogP contribution in [-0.4, -0.2) is 28.4 Å². The topological polar surface area (TPSA) is 134 Å². The molecular weight excluding hydrogens is 324 g/mol. The van der Waals surface area contributed by atoms with Gasteiger partial charge in [-0.05, 0) is 31.0 Å². The second-order valence-electron chi connectivity index (χ2n) is 5.82. The monoisotopic (exact) mass is 342 g/mol. The SMILES string of the molecule is C=CCC1(C(=O)O)C(N)OC(C)=C(C(=O)O)C1c1cccc(C#N)c1. The first kappa shape index (κ1) is 18.2. The molecule has 2 rings (SSSR count). The van der Waals surface area contributed by atoms with Crippen LogP contribution in [0.25, 0.3) is 0 Å². The average molecular weight is 342 g/mol. The number of nitrogens with zero attached hydrogens (tertiary/aromatic N) is 1. The van der Waals surface area contributed by atoms with E-state index in [2.05, 4.69) is 6.58 Å². The number of hydrogen-bond donors (Lipinski definition) is 3. The van der Waals surface area contributed by atoms with Gasteiger partial charge in [-0.25, -0.2) is 4.79 Å². The van der Waals surface area contributed by atoms with Gasteiger partial charge < -0.3 is 14.9 Å². The van der Waals surface area contributed by atoms with Gasteiger partial charge in [0.1, 0.15) is 11.2 Å². The lowest BCUT2D eigenvalue weighted by Crippen LogP contribution is -2.56. The van der Waals surface area contributed by atoms with Crippen molar-refractivity contribution in [2.45, 2.75) is 25.5 Å². The van der Waals surface area contributed by atoms with E-state index in [1.807, 2.05) is 6.07 Å². The molecule has 1 heterocycles. The van der Waals surface area contributed by atoms with E-state index in [9.17, 15) is 19.8 Å². The van der Waals surface area contributed by atoms with Crippen LogP contribution in [0.15, 0.2) is 48.3 Å². The number of aliphatic carboxylic acids is 2. The molecule has 0 aliphatic carbocycles. The van der Waals surface area contributed by atoms with Crippen LogP contribution in [0.5, 0.6) is 0 Å². The molecule has 25 heavy (non-hydrogen) atoms. The molecule has 0 radical (unpaired) electrons. The summed E-state index contributed by atoms with van der Waals surface area (Å²) in [7, 11) is 0. The summed E-state index contributed by atoms with van der Waals surface area (Å²) in [5.74, 6) is -3.64. The summed E-state index contributed by atoms with van der Waals surface area (Å²) in [4.78, 5) is 24.1. The predicted octanol–water partition coefficient (Wildman–Crippen LogP) is 1.96. The number of benzene rings is 1. The number of carbonyl (C=O) groups is 2. The van der Waals surface area contributed by atoms with Gasteiger partial charge in [0.2, 0.25) is 0 Å². The van der Waals surface area contributed by atoms with Crippen LogP contribution in [-0.2, 0) is 14.3 Å². The van der Waals surface area contributed by atoms with Crippen molar-refractivity contribution in [2.24, 2.45) is 11.1 Å². The van der Waals surface area contributed by atoms with E-state index in [0.29, 0.717) is 5.56 Å². The van der Waals surface area contributed by atoms with E-state index in [0.717, 1.165) is 0 Å². The smallest absolute Gasteiger partial charge is 0.335 e. The Morgan fingerprint density at radius 1 is 1.48 bits per heavy atom. The highest BCUT2D eigenvalue weighted by atomic mass is 16.5. The Labute approximate surface area is 144 Å². The zero-order valence-corrected chi connectivity index (χ0v) is 13.6. The van der Waals surface area contributed by atoms with Crippen LogP contribution in [0.1, 0.15) is 30.4 Å². The van der Waals surface area contributed by atoms with Gasteiger partial charge in [-0.15, -0.1) is 6.58 Å². The zero-order valence-electron chi connectivity index (χ0n) is 13.6. The largest absolute Gasteiger partial charge is 0.481 e. The molecule has 0 fully saturated rings. The number of carboxylic acid groups (broad SMARTS) is 2. The Morgan fingerprint density at radius 2 is 2.16 bits per heavy atom. The van der Waals surface area contributed by atoms with Crippen LogP contribution < -0.4 is 5.73 Å². The summed E-state index contributed by atoms with van der Waals surface area (Å²) in [5, 5.41) is 28.7. The van der Waals surface area contributed by atoms with Gasteiger partial charge in [0, 0.05) is 5.92 Å². The van der Waals surface area contributed by atoms with Crippen molar-refractivity contribution in [2.75, 3.05) is 0 Å². The number of nitriles is 1. The van der Waals surface area contributed by atoms with Gasteiger partial charge >= 0.3 is 11.9 Å². The van der Waals surface area contributed by atoms with Crippen molar-refractivity contribution in [1.29, 1.82) is 5.26 Å². The second-order valence-corrected chi connectivity index (χ2v) is 5.82. The maximum Gasteiger partial charge on any atom is 0.335 e. The second kappa shape index (κ2) is 6.79. The fourth-order valence-electron chi connectivity index (χ4n) is 3.32. The van der Waals surface area contributed by atoms with Gasteiger partial charge in [-0.1, -0.05) is 18.2 Å². The summed E-state index contributed by atoms with van der Waals surface area (Å²) in [6.45, 7) is 5.01. The molecule has 1 aromatic carbocycles. The third-order valence-electron chi connectivity index (χ3n) is 4.45. The van der Waals surface area contributed by atoms with Gasteiger partial charge in [-0.2, -0.15) is 5.26 Å². The van der Waals surface area contributed by atoms with E-state index in [1.54, 1.807) is 18.2 Å². The van der Waals surface area contributed by atoms with Gasteiger partial charge in [-0.3, -0.25) is 10.5 Å². The molecule has 4 N–H and O–H groups in total. The van der Waals surface area contributed by atoms with Crippen LogP contribution >= 0.6 is 0 Å². The molecule has 1 aliphatic heterocycles. The third-order valence-corrected chi connectivity index (χ3v) is 4.45. The maximum atomic E-state index is 12.2. The number of nitrogens with two attached hydrogens (primary N) is 1. The number of carboxylic acids is 2. The molecule has 7 heteroatoms. The number of rotatable bonds is 5. The first-order valence-corrected chi connectivity index (χ1v) is 7.50. The molecular formula is C18H18N2O5. The zero-order chi connectivity index (χ0) is 18.8. The third kappa shape index (κ3) is 2.88. The maximum absolute atomic E-state index is 12.2. The number of ether oxygens (including phenoxy) is 1. The predicted molar refractivity (Wildman–Crippen MR) is 88.2 cm³/mol. The standard InChI is InChI=1S/C18H18N2O5/c1-3-7-18(17(23)24)14(12-6-4-5-11(8-12)9-19)13(15(21)22)10(2)25-16(18)20/h3-6,8,14,16H,1,7,20H2,2H3,(H,21,22)(H,23,24). The fraction of sp³-hybridized carbons (Fsp3) is 0.278. The van der Waals surface area contributed by atoms with Gasteiger partial charge in [0.25, 0.3) is 0 Å². The fourth-order valence-corrected chi connectivity index (χ4v) is 3.32. The summed E-state index contributed by atoms with van der Waals surface area (Å²) >= 11 is 0. The van der Waals surface area contributed by atoms with E-state index in [-0.39, 0.29) is 23.3 Å². The van der Waals surface area contributed by atoms with Crippen LogP contribution in [0.2, 0.25) is 0 Å². The lowest BCUT2D eigenvalue weighted by molar-refractivity contribution is -0.162. The number of allylic oxidation sites excluding steroid dienone is 2. The molecule has 0 spiro atoms. The van der Waals surface area contributed by atoms with E-state index in [4.69, 9.17) is 15.7 Å². The summed E-state index contributed by atoms with van der Waals surface area (Å²) in [6, 6.07) is 8.15. The Bertz CT molecular complexity index is 808. The van der Waals surface area contributed by atoms with Crippen molar-refractivity contribution >= 4 is 11.9 Å². The summed E-state index contributed by atoms with van der Waals surface area (Å²) < 4.78 is 5.38. The van der Waals surface area contributed by atoms with E-state index < -0.39 is 29.5 Å². The molecule has 0 amide bonds. The molecule has 0 saturated carbocycles. The Morgan fingerprint density at radius 3 is 2.68 bits per heavy atom. The molecule has 3 unspecified atom stereocenters. The lowest BCUT2D eigenvalue weighted by atomic mass is 9.63. The van der Waals surface area contributed by atoms with Crippen molar-refractivity contribution in [3.63, 3.8) is 0 Å². The molecule has 0 bridgehead atoms. The molecule has 1 aromatic rings. The highest BCUT2D eigenvalue weighted by molar-refractivity contribution is 5.92. The van der Waals surface area contributed by atoms with Gasteiger partial charge in [0.05, 0.1) is 17.2 Å². The molecule has 0 saturated heterocycles. The minimum atomic E-state index is -1.76. The molecule has 7 nitrogen and oxygen atoms in total. The van der Waals surface area contributed by atoms with Crippen molar-refractivity contribution in [1.82, 2.24) is 0 Å². The van der Waals surface area contributed by atoms with Crippen molar-refractivity contribution < 1.29 is 24.5 Å². The molecule has 3 atom stereocenters. The molecule has 130 valence electrons. The number of hydrogen-bond acceptors (Lipinski definition) is 5. The lowest BCUT2D eigenvalue weighted by Gasteiger charge is -2.45.